The van der Waals surface area contributed by atoms with E-state index in [1.807, 2.05) is 13.0 Å². The Balaban J connectivity index is 2.35. The van der Waals surface area contributed by atoms with Crippen molar-refractivity contribution in [3.8, 4) is 6.07 Å². The van der Waals surface area contributed by atoms with Crippen molar-refractivity contribution >= 4 is 5.69 Å². The van der Waals surface area contributed by atoms with E-state index >= 15 is 0 Å². The first-order valence-corrected chi connectivity index (χ1v) is 5.70. The molecule has 0 bridgehead atoms. The number of nitriles is 1. The fourth-order valence-corrected chi connectivity index (χ4v) is 2.19. The van der Waals surface area contributed by atoms with Crippen molar-refractivity contribution in [3.63, 3.8) is 0 Å². The number of nitrogens with one attached hydrogen (secondary N) is 1. The smallest absolute Gasteiger partial charge is 0.101 e. The highest BCUT2D eigenvalue weighted by molar-refractivity contribution is 5.61. The summed E-state index contributed by atoms with van der Waals surface area (Å²) in [5.41, 5.74) is 3.00. The molecule has 1 N–H and O–H groups in total. The molecule has 0 aliphatic carbocycles. The van der Waals surface area contributed by atoms with E-state index in [9.17, 15) is 0 Å². The van der Waals surface area contributed by atoms with Gasteiger partial charge in [-0.1, -0.05) is 6.07 Å². The third-order valence-electron chi connectivity index (χ3n) is 3.08. The molecule has 1 fully saturated rings. The van der Waals surface area contributed by atoms with Crippen molar-refractivity contribution in [2.75, 3.05) is 24.5 Å². The topological polar surface area (TPSA) is 39.1 Å². The minimum atomic E-state index is 0.448. The second-order valence-electron chi connectivity index (χ2n) is 4.38. The van der Waals surface area contributed by atoms with Crippen molar-refractivity contribution in [2.45, 2.75) is 19.9 Å². The second kappa shape index (κ2) is 4.54. The summed E-state index contributed by atoms with van der Waals surface area (Å²) >= 11 is 0. The van der Waals surface area contributed by atoms with E-state index in [1.54, 1.807) is 0 Å². The lowest BCUT2D eigenvalue weighted by Gasteiger charge is -2.36. The first-order chi connectivity index (χ1) is 7.72. The molecule has 1 aliphatic heterocycles. The fraction of sp³-hybridized carbons (Fsp3) is 0.462. The van der Waals surface area contributed by atoms with Crippen LogP contribution in [0, 0.1) is 18.3 Å². The lowest BCUT2D eigenvalue weighted by Crippen LogP contribution is -2.50. The Kier molecular flexibility index (Phi) is 3.12. The van der Waals surface area contributed by atoms with E-state index in [-0.39, 0.29) is 0 Å². The van der Waals surface area contributed by atoms with Gasteiger partial charge >= 0.3 is 0 Å². The molecule has 1 aromatic rings. The Hall–Kier alpha value is -1.53. The molecule has 0 unspecified atom stereocenters. The number of anilines is 1. The Bertz CT molecular complexity index is 420. The molecular formula is C13H17N3. The first-order valence-electron chi connectivity index (χ1n) is 5.70. The summed E-state index contributed by atoms with van der Waals surface area (Å²) in [5, 5.41) is 12.5. The SMILES string of the molecule is Cc1ccc(N2CCNC[C@@H]2C)c(C#N)c1. The average molecular weight is 215 g/mol. The van der Waals surface area contributed by atoms with E-state index < -0.39 is 0 Å². The highest BCUT2D eigenvalue weighted by Gasteiger charge is 2.20. The molecular weight excluding hydrogens is 198 g/mol. The number of aryl methyl sites for hydroxylation is 1. The van der Waals surface area contributed by atoms with Crippen LogP contribution in [-0.4, -0.2) is 25.7 Å². The summed E-state index contributed by atoms with van der Waals surface area (Å²) in [4.78, 5) is 2.31. The number of rotatable bonds is 1. The van der Waals surface area contributed by atoms with Gasteiger partial charge in [-0.2, -0.15) is 5.26 Å². The third kappa shape index (κ3) is 2.02. The zero-order chi connectivity index (χ0) is 11.5. The molecule has 2 rings (SSSR count). The minimum Gasteiger partial charge on any atom is -0.365 e. The quantitative estimate of drug-likeness (QED) is 0.774. The Morgan fingerprint density at radius 3 is 3.00 bits per heavy atom. The molecule has 0 spiro atoms. The summed E-state index contributed by atoms with van der Waals surface area (Å²) in [6, 6.07) is 8.84. The summed E-state index contributed by atoms with van der Waals surface area (Å²) in [7, 11) is 0. The van der Waals surface area contributed by atoms with E-state index in [2.05, 4.69) is 35.3 Å². The van der Waals surface area contributed by atoms with Crippen LogP contribution in [0.2, 0.25) is 0 Å². The van der Waals surface area contributed by atoms with Gasteiger partial charge < -0.3 is 10.2 Å². The molecule has 0 saturated carbocycles. The van der Waals surface area contributed by atoms with Gasteiger partial charge in [-0.15, -0.1) is 0 Å². The monoisotopic (exact) mass is 215 g/mol. The standard InChI is InChI=1S/C13H17N3/c1-10-3-4-13(12(7-10)8-14)16-6-5-15-9-11(16)2/h3-4,7,11,15H,5-6,9H2,1-2H3/t11-/m0/s1. The zero-order valence-corrected chi connectivity index (χ0v) is 9.83. The molecule has 3 heteroatoms. The summed E-state index contributed by atoms with van der Waals surface area (Å²) in [6.07, 6.45) is 0. The minimum absolute atomic E-state index is 0.448. The van der Waals surface area contributed by atoms with Gasteiger partial charge in [0.15, 0.2) is 0 Å². The van der Waals surface area contributed by atoms with Gasteiger partial charge in [0.05, 0.1) is 11.3 Å². The molecule has 1 aromatic carbocycles. The van der Waals surface area contributed by atoms with E-state index in [4.69, 9.17) is 5.26 Å². The van der Waals surface area contributed by atoms with Crippen LogP contribution in [0.3, 0.4) is 0 Å². The zero-order valence-electron chi connectivity index (χ0n) is 9.83. The maximum Gasteiger partial charge on any atom is 0.101 e. The molecule has 1 saturated heterocycles. The van der Waals surface area contributed by atoms with Crippen LogP contribution in [-0.2, 0) is 0 Å². The number of hydrogen-bond donors (Lipinski definition) is 1. The van der Waals surface area contributed by atoms with Gasteiger partial charge in [-0.05, 0) is 31.5 Å². The van der Waals surface area contributed by atoms with Crippen LogP contribution < -0.4 is 10.2 Å². The summed E-state index contributed by atoms with van der Waals surface area (Å²) < 4.78 is 0. The molecule has 3 nitrogen and oxygen atoms in total. The molecule has 84 valence electrons. The molecule has 0 radical (unpaired) electrons. The molecule has 1 atom stereocenters. The maximum atomic E-state index is 9.17. The van der Waals surface area contributed by atoms with Crippen LogP contribution in [0.15, 0.2) is 18.2 Å². The largest absolute Gasteiger partial charge is 0.365 e. The van der Waals surface area contributed by atoms with Gasteiger partial charge in [-0.25, -0.2) is 0 Å². The van der Waals surface area contributed by atoms with E-state index in [0.29, 0.717) is 6.04 Å². The normalized spacial score (nSPS) is 20.6. The van der Waals surface area contributed by atoms with Crippen LogP contribution >= 0.6 is 0 Å². The van der Waals surface area contributed by atoms with Gasteiger partial charge in [-0.3, -0.25) is 0 Å². The van der Waals surface area contributed by atoms with Crippen molar-refractivity contribution in [2.24, 2.45) is 0 Å². The average Bonchev–Trinajstić information content (AvgIpc) is 2.30. The van der Waals surface area contributed by atoms with Crippen LogP contribution in [0.4, 0.5) is 5.69 Å². The lowest BCUT2D eigenvalue weighted by molar-refractivity contribution is 0.500. The first kappa shape index (κ1) is 11.0. The van der Waals surface area contributed by atoms with Crippen molar-refractivity contribution < 1.29 is 0 Å². The lowest BCUT2D eigenvalue weighted by atomic mass is 10.1. The Morgan fingerprint density at radius 2 is 2.31 bits per heavy atom. The Morgan fingerprint density at radius 1 is 1.50 bits per heavy atom. The van der Waals surface area contributed by atoms with Crippen molar-refractivity contribution in [1.29, 1.82) is 5.26 Å². The third-order valence-corrected chi connectivity index (χ3v) is 3.08. The number of hydrogen-bond acceptors (Lipinski definition) is 3. The molecule has 0 aromatic heterocycles. The summed E-state index contributed by atoms with van der Waals surface area (Å²) in [5.74, 6) is 0. The van der Waals surface area contributed by atoms with Gasteiger partial charge in [0.2, 0.25) is 0 Å². The Labute approximate surface area is 96.7 Å². The summed E-state index contributed by atoms with van der Waals surface area (Å²) in [6.45, 7) is 7.15. The van der Waals surface area contributed by atoms with Gasteiger partial charge in [0, 0.05) is 25.7 Å². The predicted octanol–water partition coefficient (Wildman–Crippen LogP) is 1.66. The molecule has 1 heterocycles. The molecule has 1 aliphatic rings. The van der Waals surface area contributed by atoms with Gasteiger partial charge in [0.25, 0.3) is 0 Å². The van der Waals surface area contributed by atoms with Crippen LogP contribution in [0.1, 0.15) is 18.1 Å². The maximum absolute atomic E-state index is 9.17. The van der Waals surface area contributed by atoms with Gasteiger partial charge in [0.1, 0.15) is 6.07 Å². The van der Waals surface area contributed by atoms with Crippen LogP contribution in [0.5, 0.6) is 0 Å². The highest BCUT2D eigenvalue weighted by Crippen LogP contribution is 2.23. The van der Waals surface area contributed by atoms with Crippen molar-refractivity contribution in [1.82, 2.24) is 5.32 Å². The van der Waals surface area contributed by atoms with E-state index in [0.717, 1.165) is 36.4 Å². The number of benzene rings is 1. The molecule has 16 heavy (non-hydrogen) atoms. The van der Waals surface area contributed by atoms with Crippen LogP contribution in [0.25, 0.3) is 0 Å². The van der Waals surface area contributed by atoms with E-state index in [1.165, 1.54) is 0 Å². The second-order valence-corrected chi connectivity index (χ2v) is 4.38. The number of nitrogens with zero attached hydrogens (tertiary/aromatic N) is 2. The predicted molar refractivity (Wildman–Crippen MR) is 65.6 cm³/mol. The highest BCUT2D eigenvalue weighted by atomic mass is 15.2. The fourth-order valence-electron chi connectivity index (χ4n) is 2.19. The number of piperazine rings is 1. The van der Waals surface area contributed by atoms with Crippen molar-refractivity contribution in [3.05, 3.63) is 29.3 Å². The molecule has 0 amide bonds.